The first-order valence-electron chi connectivity index (χ1n) is 7.66. The van der Waals surface area contributed by atoms with Crippen LogP contribution in [0.2, 0.25) is 0 Å². The lowest BCUT2D eigenvalue weighted by molar-refractivity contribution is 0.318. The van der Waals surface area contributed by atoms with E-state index in [0.29, 0.717) is 12.1 Å². The van der Waals surface area contributed by atoms with Gasteiger partial charge in [-0.2, -0.15) is 0 Å². The molecule has 3 N–H and O–H groups in total. The van der Waals surface area contributed by atoms with E-state index in [4.69, 9.17) is 5.73 Å². The Balaban J connectivity index is 2.54. The highest BCUT2D eigenvalue weighted by molar-refractivity contribution is 7.99. The van der Waals surface area contributed by atoms with Crippen molar-refractivity contribution in [1.82, 2.24) is 0 Å². The molecule has 0 saturated carbocycles. The lowest BCUT2D eigenvalue weighted by atomic mass is 10.1. The molecule has 0 aliphatic carbocycles. The molecule has 1 aromatic rings. The topological polar surface area (TPSA) is 61.8 Å². The fourth-order valence-corrected chi connectivity index (χ4v) is 4.06. The molecular weight excluding hydrogens is 282 g/mol. The minimum absolute atomic E-state index is 0.204. The first kappa shape index (κ1) is 16.0. The zero-order valence-corrected chi connectivity index (χ0v) is 13.9. The van der Waals surface area contributed by atoms with Crippen molar-refractivity contribution >= 4 is 23.3 Å². The van der Waals surface area contributed by atoms with Crippen LogP contribution in [0.15, 0.2) is 28.3 Å². The Labute approximate surface area is 131 Å². The summed E-state index contributed by atoms with van der Waals surface area (Å²) in [6, 6.07) is 7.23. The Morgan fingerprint density at radius 3 is 2.81 bits per heavy atom. The third-order valence-electron chi connectivity index (χ3n) is 4.20. The maximum absolute atomic E-state index is 9.17. The van der Waals surface area contributed by atoms with Gasteiger partial charge in [-0.3, -0.25) is 0 Å². The Bertz CT molecular complexity index is 518. The summed E-state index contributed by atoms with van der Waals surface area (Å²) in [5, 5.41) is 12.4. The van der Waals surface area contributed by atoms with Gasteiger partial charge in [-0.25, -0.2) is 0 Å². The van der Waals surface area contributed by atoms with Crippen molar-refractivity contribution in [3.05, 3.63) is 23.8 Å². The molecule has 2 rings (SSSR count). The third-order valence-corrected chi connectivity index (χ3v) is 5.14. The average molecular weight is 307 g/mol. The van der Waals surface area contributed by atoms with Crippen molar-refractivity contribution in [3.8, 4) is 0 Å². The van der Waals surface area contributed by atoms with Gasteiger partial charge in [-0.15, -0.1) is 11.8 Å². The number of rotatable bonds is 5. The van der Waals surface area contributed by atoms with Gasteiger partial charge in [0.25, 0.3) is 0 Å². The molecule has 0 bridgehead atoms. The normalized spacial score (nSPS) is 22.8. The number of amidine groups is 1. The van der Waals surface area contributed by atoms with Crippen LogP contribution in [0.25, 0.3) is 0 Å². The second-order valence-corrected chi connectivity index (χ2v) is 6.77. The largest absolute Gasteiger partial charge is 0.409 e. The molecule has 21 heavy (non-hydrogen) atoms. The zero-order chi connectivity index (χ0) is 15.4. The van der Waals surface area contributed by atoms with Crippen molar-refractivity contribution in [3.63, 3.8) is 0 Å². The predicted octanol–water partition coefficient (Wildman–Crippen LogP) is 3.66. The molecule has 116 valence electrons. The number of hydrogen-bond donors (Lipinski definition) is 2. The summed E-state index contributed by atoms with van der Waals surface area (Å²) in [6.07, 6.45) is 3.52. The Morgan fingerprint density at radius 2 is 2.19 bits per heavy atom. The van der Waals surface area contributed by atoms with Crippen LogP contribution in [0.4, 0.5) is 5.69 Å². The molecule has 1 fully saturated rings. The SMILES string of the molecule is CCSc1cccc(N2C(C)CCC2CC)c1/C(N)=N/O. The fourth-order valence-electron chi connectivity index (χ4n) is 3.22. The number of benzene rings is 1. The maximum atomic E-state index is 9.17. The van der Waals surface area contributed by atoms with E-state index < -0.39 is 0 Å². The molecule has 2 atom stereocenters. The van der Waals surface area contributed by atoms with E-state index in [1.165, 1.54) is 12.8 Å². The van der Waals surface area contributed by atoms with Crippen molar-refractivity contribution in [2.45, 2.75) is 57.0 Å². The van der Waals surface area contributed by atoms with E-state index in [2.05, 4.69) is 43.0 Å². The van der Waals surface area contributed by atoms with E-state index in [1.54, 1.807) is 11.8 Å². The van der Waals surface area contributed by atoms with E-state index in [1.807, 2.05) is 6.07 Å². The van der Waals surface area contributed by atoms with Gasteiger partial charge in [0.15, 0.2) is 5.84 Å². The van der Waals surface area contributed by atoms with Crippen LogP contribution in [0, 0.1) is 0 Å². The highest BCUT2D eigenvalue weighted by Crippen LogP contribution is 2.37. The monoisotopic (exact) mass is 307 g/mol. The first-order chi connectivity index (χ1) is 10.1. The van der Waals surface area contributed by atoms with Gasteiger partial charge in [0, 0.05) is 22.7 Å². The molecule has 0 spiro atoms. The minimum atomic E-state index is 0.204. The average Bonchev–Trinajstić information content (AvgIpc) is 2.87. The van der Waals surface area contributed by atoms with Gasteiger partial charge in [-0.05, 0) is 44.1 Å². The fraction of sp³-hybridized carbons (Fsp3) is 0.562. The smallest absolute Gasteiger partial charge is 0.173 e. The van der Waals surface area contributed by atoms with Crippen LogP contribution in [0.5, 0.6) is 0 Å². The standard InChI is InChI=1S/C16H25N3OS/c1-4-12-10-9-11(3)19(12)13-7-6-8-14(21-5-2)15(13)16(17)18-20/h6-8,11-12,20H,4-5,9-10H2,1-3H3,(H2,17,18). The van der Waals surface area contributed by atoms with Gasteiger partial charge in [0.05, 0.1) is 5.56 Å². The first-order valence-corrected chi connectivity index (χ1v) is 8.64. The van der Waals surface area contributed by atoms with Crippen molar-refractivity contribution in [1.29, 1.82) is 0 Å². The van der Waals surface area contributed by atoms with Crippen molar-refractivity contribution < 1.29 is 5.21 Å². The van der Waals surface area contributed by atoms with E-state index in [9.17, 15) is 5.21 Å². The molecule has 1 aliphatic heterocycles. The minimum Gasteiger partial charge on any atom is -0.409 e. The number of thioether (sulfide) groups is 1. The molecule has 0 radical (unpaired) electrons. The molecule has 1 heterocycles. The second kappa shape index (κ2) is 7.07. The lowest BCUT2D eigenvalue weighted by Gasteiger charge is -2.32. The van der Waals surface area contributed by atoms with Crippen molar-refractivity contribution in [2.75, 3.05) is 10.7 Å². The summed E-state index contributed by atoms with van der Waals surface area (Å²) in [5.41, 5.74) is 7.96. The summed E-state index contributed by atoms with van der Waals surface area (Å²) < 4.78 is 0. The zero-order valence-electron chi connectivity index (χ0n) is 13.0. The Hall–Kier alpha value is -1.36. The lowest BCUT2D eigenvalue weighted by Crippen LogP contribution is -2.36. The maximum Gasteiger partial charge on any atom is 0.173 e. The van der Waals surface area contributed by atoms with Gasteiger partial charge in [0.2, 0.25) is 0 Å². The number of oxime groups is 1. The van der Waals surface area contributed by atoms with Crippen LogP contribution >= 0.6 is 11.8 Å². The predicted molar refractivity (Wildman–Crippen MR) is 90.6 cm³/mol. The van der Waals surface area contributed by atoms with Gasteiger partial charge >= 0.3 is 0 Å². The number of nitrogens with two attached hydrogens (primary N) is 1. The molecule has 1 aromatic carbocycles. The molecular formula is C16H25N3OS. The van der Waals surface area contributed by atoms with Crippen LogP contribution in [0.1, 0.15) is 45.6 Å². The van der Waals surface area contributed by atoms with Gasteiger partial charge in [-0.1, -0.05) is 25.1 Å². The molecule has 1 aliphatic rings. The highest BCUT2D eigenvalue weighted by atomic mass is 32.2. The third kappa shape index (κ3) is 3.12. The summed E-state index contributed by atoms with van der Waals surface area (Å²) in [4.78, 5) is 3.53. The molecule has 2 unspecified atom stereocenters. The molecule has 1 saturated heterocycles. The van der Waals surface area contributed by atoms with E-state index in [-0.39, 0.29) is 5.84 Å². The summed E-state index contributed by atoms with van der Waals surface area (Å²) >= 11 is 1.73. The van der Waals surface area contributed by atoms with E-state index >= 15 is 0 Å². The summed E-state index contributed by atoms with van der Waals surface area (Å²) in [7, 11) is 0. The van der Waals surface area contributed by atoms with Gasteiger partial charge < -0.3 is 15.8 Å². The second-order valence-electron chi connectivity index (χ2n) is 5.46. The van der Waals surface area contributed by atoms with Crippen LogP contribution < -0.4 is 10.6 Å². The van der Waals surface area contributed by atoms with Crippen molar-refractivity contribution in [2.24, 2.45) is 10.9 Å². The van der Waals surface area contributed by atoms with Crippen LogP contribution in [-0.2, 0) is 0 Å². The number of anilines is 1. The van der Waals surface area contributed by atoms with E-state index in [0.717, 1.165) is 28.3 Å². The molecule has 4 nitrogen and oxygen atoms in total. The summed E-state index contributed by atoms with van der Waals surface area (Å²) in [6.45, 7) is 6.59. The van der Waals surface area contributed by atoms with Crippen LogP contribution in [-0.4, -0.2) is 28.9 Å². The Morgan fingerprint density at radius 1 is 1.43 bits per heavy atom. The summed E-state index contributed by atoms with van der Waals surface area (Å²) in [5.74, 6) is 1.16. The molecule has 5 heteroatoms. The van der Waals surface area contributed by atoms with Gasteiger partial charge in [0.1, 0.15) is 0 Å². The molecule has 0 aromatic heterocycles. The molecule has 0 amide bonds. The highest BCUT2D eigenvalue weighted by Gasteiger charge is 2.32. The number of hydrogen-bond acceptors (Lipinski definition) is 4. The Kier molecular flexibility index (Phi) is 5.39. The van der Waals surface area contributed by atoms with Crippen LogP contribution in [0.3, 0.4) is 0 Å². The number of nitrogens with zero attached hydrogens (tertiary/aromatic N) is 2. The quantitative estimate of drug-likeness (QED) is 0.286.